The van der Waals surface area contributed by atoms with Crippen LogP contribution >= 0.6 is 0 Å². The van der Waals surface area contributed by atoms with Crippen LogP contribution in [0.4, 0.5) is 4.39 Å². The molecule has 0 unspecified atom stereocenters. The number of aromatic nitrogens is 2. The van der Waals surface area contributed by atoms with Crippen LogP contribution in [-0.4, -0.2) is 46.1 Å². The summed E-state index contributed by atoms with van der Waals surface area (Å²) in [7, 11) is 0. The van der Waals surface area contributed by atoms with Gasteiger partial charge in [0.2, 0.25) is 5.91 Å². The van der Waals surface area contributed by atoms with Crippen molar-refractivity contribution in [3.63, 3.8) is 0 Å². The number of fused-ring (bicyclic) bond motifs is 1. The first-order chi connectivity index (χ1) is 12.6. The number of hydrogen-bond acceptors (Lipinski definition) is 3. The minimum atomic E-state index is -0.303. The molecule has 1 N–H and O–H groups in total. The second-order valence-corrected chi connectivity index (χ2v) is 6.80. The molecule has 4 rings (SSSR count). The molecule has 0 spiro atoms. The lowest BCUT2D eigenvalue weighted by Crippen LogP contribution is -2.50. The lowest BCUT2D eigenvalue weighted by Gasteiger charge is -2.26. The van der Waals surface area contributed by atoms with Gasteiger partial charge in [-0.15, -0.1) is 0 Å². The fourth-order valence-electron chi connectivity index (χ4n) is 3.71. The Morgan fingerprint density at radius 1 is 1.12 bits per heavy atom. The summed E-state index contributed by atoms with van der Waals surface area (Å²) in [5.74, 6) is -0.643. The number of carbonyl (C=O) groups is 2. The molecule has 136 valence electrons. The Morgan fingerprint density at radius 2 is 1.88 bits per heavy atom. The average molecular weight is 356 g/mol. The van der Waals surface area contributed by atoms with Crippen LogP contribution < -0.4 is 5.32 Å². The van der Waals surface area contributed by atoms with Gasteiger partial charge in [-0.1, -0.05) is 6.42 Å². The van der Waals surface area contributed by atoms with Gasteiger partial charge in [-0.05, 0) is 49.9 Å². The summed E-state index contributed by atoms with van der Waals surface area (Å²) in [6, 6.07) is 6.15. The van der Waals surface area contributed by atoms with E-state index >= 15 is 0 Å². The Bertz CT molecular complexity index is 844. The van der Waals surface area contributed by atoms with Gasteiger partial charge in [-0.2, -0.15) is 5.10 Å². The molecule has 2 amide bonds. The monoisotopic (exact) mass is 356 g/mol. The van der Waals surface area contributed by atoms with Crippen LogP contribution in [0.25, 0.3) is 5.69 Å². The summed E-state index contributed by atoms with van der Waals surface area (Å²) >= 11 is 0. The first kappa shape index (κ1) is 16.8. The Morgan fingerprint density at radius 3 is 2.65 bits per heavy atom. The Kier molecular flexibility index (Phi) is 4.44. The predicted molar refractivity (Wildman–Crippen MR) is 93.7 cm³/mol. The highest BCUT2D eigenvalue weighted by atomic mass is 19.1. The van der Waals surface area contributed by atoms with E-state index in [9.17, 15) is 14.0 Å². The predicted octanol–water partition coefficient (Wildman–Crippen LogP) is 1.85. The molecule has 6 nitrogen and oxygen atoms in total. The van der Waals surface area contributed by atoms with Gasteiger partial charge in [0.1, 0.15) is 5.82 Å². The van der Waals surface area contributed by atoms with Crippen molar-refractivity contribution in [2.24, 2.45) is 0 Å². The van der Waals surface area contributed by atoms with Gasteiger partial charge in [0.05, 0.1) is 12.2 Å². The average Bonchev–Trinajstić information content (AvgIpc) is 2.83. The van der Waals surface area contributed by atoms with Gasteiger partial charge in [0.25, 0.3) is 5.91 Å². The standard InChI is InChI=1S/C19H21FN4O2/c20-13-6-8-14(9-7-13)24-16-5-3-1-2-4-15(16)18(22-24)19(26)23-11-10-21-17(25)12-23/h6-9H,1-5,10-12H2,(H,21,25). The second kappa shape index (κ2) is 6.90. The molecule has 26 heavy (non-hydrogen) atoms. The third kappa shape index (κ3) is 3.09. The zero-order valence-corrected chi connectivity index (χ0v) is 14.5. The SMILES string of the molecule is O=C1CN(C(=O)c2nn(-c3ccc(F)cc3)c3c2CCCCC3)CCN1. The highest BCUT2D eigenvalue weighted by molar-refractivity contribution is 5.97. The molecule has 1 aromatic heterocycles. The van der Waals surface area contributed by atoms with Crippen molar-refractivity contribution in [2.45, 2.75) is 32.1 Å². The number of hydrogen-bond donors (Lipinski definition) is 1. The number of carbonyl (C=O) groups excluding carboxylic acids is 2. The largest absolute Gasteiger partial charge is 0.353 e. The highest BCUT2D eigenvalue weighted by Gasteiger charge is 2.30. The van der Waals surface area contributed by atoms with Gasteiger partial charge in [0.15, 0.2) is 5.69 Å². The van der Waals surface area contributed by atoms with E-state index in [0.29, 0.717) is 18.8 Å². The van der Waals surface area contributed by atoms with E-state index in [4.69, 9.17) is 0 Å². The molecule has 1 fully saturated rings. The smallest absolute Gasteiger partial charge is 0.275 e. The lowest BCUT2D eigenvalue weighted by atomic mass is 10.1. The van der Waals surface area contributed by atoms with E-state index < -0.39 is 0 Å². The number of nitrogens with one attached hydrogen (secondary N) is 1. The number of halogens is 1. The fraction of sp³-hybridized carbons (Fsp3) is 0.421. The Hall–Kier alpha value is -2.70. The summed E-state index contributed by atoms with van der Waals surface area (Å²) in [6.07, 6.45) is 4.81. The fourth-order valence-corrected chi connectivity index (χ4v) is 3.71. The van der Waals surface area contributed by atoms with Crippen LogP contribution in [0.5, 0.6) is 0 Å². The molecule has 2 aromatic rings. The van der Waals surface area contributed by atoms with Crippen molar-refractivity contribution in [3.8, 4) is 5.69 Å². The quantitative estimate of drug-likeness (QED) is 0.835. The first-order valence-electron chi connectivity index (χ1n) is 9.06. The van der Waals surface area contributed by atoms with E-state index in [1.807, 2.05) is 0 Å². The summed E-state index contributed by atoms with van der Waals surface area (Å²) < 4.78 is 15.1. The number of rotatable bonds is 2. The molecular weight excluding hydrogens is 335 g/mol. The van der Waals surface area contributed by atoms with Crippen LogP contribution in [0.2, 0.25) is 0 Å². The van der Waals surface area contributed by atoms with Crippen molar-refractivity contribution in [1.82, 2.24) is 20.0 Å². The molecule has 0 atom stereocenters. The topological polar surface area (TPSA) is 67.2 Å². The van der Waals surface area contributed by atoms with Crippen LogP contribution in [0, 0.1) is 5.82 Å². The van der Waals surface area contributed by atoms with Crippen molar-refractivity contribution in [2.75, 3.05) is 19.6 Å². The number of nitrogens with zero attached hydrogens (tertiary/aromatic N) is 3. The molecule has 1 aromatic carbocycles. The number of piperazine rings is 1. The van der Waals surface area contributed by atoms with Crippen molar-refractivity contribution in [1.29, 1.82) is 0 Å². The van der Waals surface area contributed by atoms with Crippen LogP contribution in [0.15, 0.2) is 24.3 Å². The molecule has 2 aliphatic rings. The molecule has 1 aliphatic carbocycles. The van der Waals surface area contributed by atoms with Crippen LogP contribution in [0.3, 0.4) is 0 Å². The minimum Gasteiger partial charge on any atom is -0.353 e. The second-order valence-electron chi connectivity index (χ2n) is 6.80. The van der Waals surface area contributed by atoms with E-state index in [-0.39, 0.29) is 24.2 Å². The van der Waals surface area contributed by atoms with Crippen LogP contribution in [-0.2, 0) is 17.6 Å². The summed E-state index contributed by atoms with van der Waals surface area (Å²) in [4.78, 5) is 26.2. The van der Waals surface area contributed by atoms with Crippen molar-refractivity contribution < 1.29 is 14.0 Å². The van der Waals surface area contributed by atoms with E-state index in [1.54, 1.807) is 21.7 Å². The lowest BCUT2D eigenvalue weighted by molar-refractivity contribution is -0.123. The zero-order valence-electron chi connectivity index (χ0n) is 14.5. The van der Waals surface area contributed by atoms with Gasteiger partial charge >= 0.3 is 0 Å². The molecule has 7 heteroatoms. The summed E-state index contributed by atoms with van der Waals surface area (Å²) in [5, 5.41) is 7.34. The maximum Gasteiger partial charge on any atom is 0.275 e. The molecule has 0 saturated carbocycles. The molecule has 1 saturated heterocycles. The van der Waals surface area contributed by atoms with Gasteiger partial charge in [0, 0.05) is 24.3 Å². The van der Waals surface area contributed by atoms with Gasteiger partial charge in [-0.25, -0.2) is 9.07 Å². The normalized spacial score (nSPS) is 17.4. The van der Waals surface area contributed by atoms with E-state index in [2.05, 4.69) is 10.4 Å². The Labute approximate surface area is 151 Å². The minimum absolute atomic E-state index is 0.0665. The van der Waals surface area contributed by atoms with Crippen LogP contribution in [0.1, 0.15) is 41.0 Å². The van der Waals surface area contributed by atoms with Gasteiger partial charge < -0.3 is 10.2 Å². The third-order valence-corrected chi connectivity index (χ3v) is 5.03. The molecule has 0 radical (unpaired) electrons. The van der Waals surface area contributed by atoms with E-state index in [0.717, 1.165) is 49.0 Å². The first-order valence-corrected chi connectivity index (χ1v) is 9.06. The van der Waals surface area contributed by atoms with Gasteiger partial charge in [-0.3, -0.25) is 9.59 Å². The number of amides is 2. The molecule has 0 bridgehead atoms. The van der Waals surface area contributed by atoms with E-state index in [1.165, 1.54) is 12.1 Å². The zero-order chi connectivity index (χ0) is 18.1. The molecule has 1 aliphatic heterocycles. The van der Waals surface area contributed by atoms with Crippen molar-refractivity contribution in [3.05, 3.63) is 47.0 Å². The Balaban J connectivity index is 1.76. The molecule has 2 heterocycles. The highest BCUT2D eigenvalue weighted by Crippen LogP contribution is 2.27. The summed E-state index contributed by atoms with van der Waals surface area (Å²) in [5.41, 5.74) is 3.18. The third-order valence-electron chi connectivity index (χ3n) is 5.03. The summed E-state index contributed by atoms with van der Waals surface area (Å²) in [6.45, 7) is 1.02. The maximum absolute atomic E-state index is 13.3. The maximum atomic E-state index is 13.3. The number of benzene rings is 1. The van der Waals surface area contributed by atoms with Crippen molar-refractivity contribution >= 4 is 11.8 Å². The molecular formula is C19H21FN4O2.